The number of aromatic amines is 1. The van der Waals surface area contributed by atoms with Gasteiger partial charge in [0.1, 0.15) is 0 Å². The van der Waals surface area contributed by atoms with Crippen molar-refractivity contribution in [2.45, 2.75) is 4.90 Å². The van der Waals surface area contributed by atoms with E-state index in [0.29, 0.717) is 16.8 Å². The molecule has 1 aromatic carbocycles. The Labute approximate surface area is 110 Å². The average molecular weight is 259 g/mol. The summed E-state index contributed by atoms with van der Waals surface area (Å²) in [5.41, 5.74) is 1.57. The summed E-state index contributed by atoms with van der Waals surface area (Å²) in [5, 5.41) is 11.1. The second-order valence-electron chi connectivity index (χ2n) is 3.77. The molecule has 0 aliphatic carbocycles. The lowest BCUT2D eigenvalue weighted by Gasteiger charge is -2.09. The zero-order valence-corrected chi connectivity index (χ0v) is 10.7. The Morgan fingerprint density at radius 1 is 1.28 bits per heavy atom. The van der Waals surface area contributed by atoms with E-state index in [2.05, 4.69) is 22.9 Å². The molecule has 1 heterocycles. The minimum Gasteiger partial charge on any atom is -0.387 e. The maximum atomic E-state index is 11.8. The van der Waals surface area contributed by atoms with Crippen molar-refractivity contribution >= 4 is 24.0 Å². The quantitative estimate of drug-likeness (QED) is 0.504. The lowest BCUT2D eigenvalue weighted by Crippen LogP contribution is -2.20. The number of pyridine rings is 1. The van der Waals surface area contributed by atoms with Crippen molar-refractivity contribution < 1.29 is 0 Å². The van der Waals surface area contributed by atoms with Crippen LogP contribution in [0.4, 0.5) is 5.69 Å². The Hall–Kier alpha value is -2.01. The number of hydrogen-bond acceptors (Lipinski definition) is 4. The normalized spacial score (nSPS) is 10.1. The van der Waals surface area contributed by atoms with Crippen LogP contribution in [0, 0.1) is 5.41 Å². The highest BCUT2D eigenvalue weighted by Crippen LogP contribution is 2.16. The molecule has 0 aliphatic rings. The first kappa shape index (κ1) is 12.4. The number of thiol groups is 1. The van der Waals surface area contributed by atoms with Gasteiger partial charge in [0.2, 0.25) is 0 Å². The number of hydrogen-bond donors (Lipinski definition) is 4. The zero-order chi connectivity index (χ0) is 13.1. The predicted molar refractivity (Wildman–Crippen MR) is 76.2 cm³/mol. The van der Waals surface area contributed by atoms with Crippen molar-refractivity contribution in [1.82, 2.24) is 4.98 Å². The fourth-order valence-corrected chi connectivity index (χ4v) is 1.86. The number of anilines is 1. The molecule has 2 rings (SSSR count). The molecule has 0 saturated carbocycles. The third-order valence-electron chi connectivity index (χ3n) is 2.64. The summed E-state index contributed by atoms with van der Waals surface area (Å²) < 4.78 is 0. The van der Waals surface area contributed by atoms with E-state index in [4.69, 9.17) is 5.41 Å². The van der Waals surface area contributed by atoms with E-state index in [1.54, 1.807) is 43.6 Å². The van der Waals surface area contributed by atoms with Crippen molar-refractivity contribution in [1.29, 1.82) is 5.41 Å². The molecule has 0 aliphatic heterocycles. The predicted octanol–water partition coefficient (Wildman–Crippen LogP) is 2.12. The summed E-state index contributed by atoms with van der Waals surface area (Å²) >= 11 is 4.20. The van der Waals surface area contributed by atoms with Crippen LogP contribution >= 0.6 is 12.6 Å². The molecule has 1 aromatic heterocycles. The monoisotopic (exact) mass is 259 g/mol. The molecule has 0 radical (unpaired) electrons. The minimum atomic E-state index is -0.276. The van der Waals surface area contributed by atoms with Crippen LogP contribution in [0.25, 0.3) is 0 Å². The molecule has 0 fully saturated rings. The lowest BCUT2D eigenvalue weighted by atomic mass is 10.0. The Kier molecular flexibility index (Phi) is 3.53. The molecule has 18 heavy (non-hydrogen) atoms. The molecule has 0 spiro atoms. The topological polar surface area (TPSA) is 68.7 Å². The summed E-state index contributed by atoms with van der Waals surface area (Å²) in [5.74, 6) is 0. The molecule has 92 valence electrons. The van der Waals surface area contributed by atoms with Crippen molar-refractivity contribution in [3.8, 4) is 0 Å². The molecule has 0 bridgehead atoms. The van der Waals surface area contributed by atoms with Gasteiger partial charge in [-0.15, -0.1) is 12.6 Å². The van der Waals surface area contributed by atoms with Gasteiger partial charge < -0.3 is 10.3 Å². The smallest absolute Gasteiger partial charge is 0.259 e. The Morgan fingerprint density at radius 2 is 1.94 bits per heavy atom. The van der Waals surface area contributed by atoms with Crippen LogP contribution in [0.3, 0.4) is 0 Å². The van der Waals surface area contributed by atoms with Crippen LogP contribution < -0.4 is 10.9 Å². The molecule has 3 N–H and O–H groups in total. The first-order valence-corrected chi connectivity index (χ1v) is 5.86. The SMILES string of the molecule is CNc1cc[nH]c(=O)c1C(=N)c1ccc(S)cc1. The van der Waals surface area contributed by atoms with E-state index in [1.807, 2.05) is 0 Å². The summed E-state index contributed by atoms with van der Waals surface area (Å²) in [6, 6.07) is 8.87. The van der Waals surface area contributed by atoms with Gasteiger partial charge in [-0.25, -0.2) is 0 Å². The largest absolute Gasteiger partial charge is 0.387 e. The maximum Gasteiger partial charge on any atom is 0.259 e. The van der Waals surface area contributed by atoms with Crippen LogP contribution in [-0.4, -0.2) is 17.7 Å². The maximum absolute atomic E-state index is 11.8. The van der Waals surface area contributed by atoms with Gasteiger partial charge in [-0.05, 0) is 18.2 Å². The highest BCUT2D eigenvalue weighted by atomic mass is 32.1. The van der Waals surface area contributed by atoms with Crippen LogP contribution in [0.15, 0.2) is 46.2 Å². The molecule has 0 unspecified atom stereocenters. The van der Waals surface area contributed by atoms with Crippen molar-refractivity contribution in [2.75, 3.05) is 12.4 Å². The Bertz CT molecular complexity index is 631. The van der Waals surface area contributed by atoms with Gasteiger partial charge >= 0.3 is 0 Å². The molecular weight excluding hydrogens is 246 g/mol. The van der Waals surface area contributed by atoms with E-state index in [1.165, 1.54) is 0 Å². The van der Waals surface area contributed by atoms with Gasteiger partial charge in [-0.1, -0.05) is 12.1 Å². The van der Waals surface area contributed by atoms with E-state index in [-0.39, 0.29) is 11.3 Å². The van der Waals surface area contributed by atoms with Crippen molar-refractivity contribution in [3.05, 3.63) is 58.0 Å². The van der Waals surface area contributed by atoms with Gasteiger partial charge in [0.25, 0.3) is 5.56 Å². The van der Waals surface area contributed by atoms with Gasteiger partial charge in [-0.2, -0.15) is 0 Å². The highest BCUT2D eigenvalue weighted by molar-refractivity contribution is 7.80. The van der Waals surface area contributed by atoms with Crippen LogP contribution in [0.2, 0.25) is 0 Å². The summed E-state index contributed by atoms with van der Waals surface area (Å²) in [4.78, 5) is 15.2. The minimum absolute atomic E-state index is 0.189. The van der Waals surface area contributed by atoms with Crippen LogP contribution in [0.1, 0.15) is 11.1 Å². The molecule has 0 amide bonds. The second-order valence-corrected chi connectivity index (χ2v) is 4.28. The molecule has 4 nitrogen and oxygen atoms in total. The van der Waals surface area contributed by atoms with Gasteiger partial charge in [0, 0.05) is 23.7 Å². The first-order valence-electron chi connectivity index (χ1n) is 5.41. The number of aromatic nitrogens is 1. The summed E-state index contributed by atoms with van der Waals surface area (Å²) in [6.45, 7) is 0. The third-order valence-corrected chi connectivity index (χ3v) is 2.93. The Balaban J connectivity index is 2.52. The van der Waals surface area contributed by atoms with Gasteiger partial charge in [-0.3, -0.25) is 10.2 Å². The van der Waals surface area contributed by atoms with Crippen molar-refractivity contribution in [2.24, 2.45) is 0 Å². The number of H-pyrrole nitrogens is 1. The standard InChI is InChI=1S/C13H13N3OS/c1-15-10-6-7-16-13(17)11(10)12(14)8-2-4-9(18)5-3-8/h2-7,14,18H,1H3,(H2,15,16,17). The second kappa shape index (κ2) is 5.10. The van der Waals surface area contributed by atoms with Gasteiger partial charge in [0.15, 0.2) is 0 Å². The van der Waals surface area contributed by atoms with E-state index in [9.17, 15) is 4.79 Å². The van der Waals surface area contributed by atoms with Crippen LogP contribution in [0.5, 0.6) is 0 Å². The average Bonchev–Trinajstić information content (AvgIpc) is 2.38. The fourth-order valence-electron chi connectivity index (χ4n) is 1.71. The zero-order valence-electron chi connectivity index (χ0n) is 9.82. The molecular formula is C13H13N3OS. The lowest BCUT2D eigenvalue weighted by molar-refractivity contribution is 1.21. The molecule has 0 atom stereocenters. The number of benzene rings is 1. The molecule has 0 saturated heterocycles. The summed E-state index contributed by atoms with van der Waals surface area (Å²) in [6.07, 6.45) is 1.56. The van der Waals surface area contributed by atoms with E-state index in [0.717, 1.165) is 4.90 Å². The van der Waals surface area contributed by atoms with E-state index < -0.39 is 0 Å². The van der Waals surface area contributed by atoms with Crippen LogP contribution in [-0.2, 0) is 0 Å². The third kappa shape index (κ3) is 2.31. The number of rotatable bonds is 3. The van der Waals surface area contributed by atoms with Crippen molar-refractivity contribution in [3.63, 3.8) is 0 Å². The highest BCUT2D eigenvalue weighted by Gasteiger charge is 2.13. The fraction of sp³-hybridized carbons (Fsp3) is 0.0769. The number of nitrogens with one attached hydrogen (secondary N) is 3. The van der Waals surface area contributed by atoms with E-state index >= 15 is 0 Å². The van der Waals surface area contributed by atoms with Gasteiger partial charge in [0.05, 0.1) is 17.0 Å². The molecule has 2 aromatic rings. The first-order chi connectivity index (χ1) is 8.63. The summed E-state index contributed by atoms with van der Waals surface area (Å²) in [7, 11) is 1.72. The molecule has 5 heteroatoms. The Morgan fingerprint density at radius 3 is 2.56 bits per heavy atom.